The first-order valence-corrected chi connectivity index (χ1v) is 5.50. The lowest BCUT2D eigenvalue weighted by Gasteiger charge is -2.02. The van der Waals surface area contributed by atoms with Crippen LogP contribution in [0, 0.1) is 0 Å². The number of fused-ring (bicyclic) bond motifs is 1. The SMILES string of the molecule is Cn1c(-c2nc[nH]c2C(=O)O)cc2ccccc21. The molecule has 0 aliphatic rings. The van der Waals surface area contributed by atoms with Gasteiger partial charge in [0.25, 0.3) is 0 Å². The van der Waals surface area contributed by atoms with Crippen molar-refractivity contribution >= 4 is 16.9 Å². The van der Waals surface area contributed by atoms with Gasteiger partial charge in [0, 0.05) is 18.0 Å². The largest absolute Gasteiger partial charge is 0.477 e. The van der Waals surface area contributed by atoms with Crippen molar-refractivity contribution in [3.63, 3.8) is 0 Å². The molecule has 0 amide bonds. The second kappa shape index (κ2) is 3.73. The average Bonchev–Trinajstić information content (AvgIpc) is 2.94. The molecule has 0 spiro atoms. The maximum absolute atomic E-state index is 11.1. The second-order valence-electron chi connectivity index (χ2n) is 4.08. The van der Waals surface area contributed by atoms with E-state index in [1.165, 1.54) is 6.33 Å². The van der Waals surface area contributed by atoms with Gasteiger partial charge in [0.05, 0.1) is 12.0 Å². The third-order valence-electron chi connectivity index (χ3n) is 3.05. The molecule has 2 heterocycles. The number of imidazole rings is 1. The van der Waals surface area contributed by atoms with Crippen LogP contribution in [0.25, 0.3) is 22.3 Å². The van der Waals surface area contributed by atoms with Crippen LogP contribution in [0.15, 0.2) is 36.7 Å². The number of aromatic nitrogens is 3. The Morgan fingerprint density at radius 3 is 2.89 bits per heavy atom. The zero-order valence-electron chi connectivity index (χ0n) is 9.71. The second-order valence-corrected chi connectivity index (χ2v) is 4.08. The van der Waals surface area contributed by atoms with Crippen LogP contribution in [0.4, 0.5) is 0 Å². The lowest BCUT2D eigenvalue weighted by atomic mass is 10.2. The molecule has 0 atom stereocenters. The molecule has 3 rings (SSSR count). The molecule has 5 nitrogen and oxygen atoms in total. The maximum atomic E-state index is 11.1. The van der Waals surface area contributed by atoms with Crippen LogP contribution in [0.2, 0.25) is 0 Å². The van der Waals surface area contributed by atoms with Crippen LogP contribution in [-0.2, 0) is 7.05 Å². The smallest absolute Gasteiger partial charge is 0.354 e. The summed E-state index contributed by atoms with van der Waals surface area (Å²) in [6.07, 6.45) is 1.40. The van der Waals surface area contributed by atoms with Gasteiger partial charge in [0.15, 0.2) is 5.69 Å². The first-order valence-electron chi connectivity index (χ1n) is 5.50. The average molecular weight is 241 g/mol. The van der Waals surface area contributed by atoms with Gasteiger partial charge in [-0.15, -0.1) is 0 Å². The molecule has 3 aromatic rings. The third kappa shape index (κ3) is 1.41. The van der Waals surface area contributed by atoms with Crippen molar-refractivity contribution in [1.82, 2.24) is 14.5 Å². The van der Waals surface area contributed by atoms with E-state index in [1.54, 1.807) is 0 Å². The van der Waals surface area contributed by atoms with Gasteiger partial charge in [0.2, 0.25) is 0 Å². The van der Waals surface area contributed by atoms with Crippen LogP contribution in [0.1, 0.15) is 10.5 Å². The van der Waals surface area contributed by atoms with Gasteiger partial charge < -0.3 is 14.7 Å². The molecule has 0 aliphatic carbocycles. The number of carboxylic acid groups (broad SMARTS) is 1. The molecule has 90 valence electrons. The standard InChI is InChI=1S/C13H11N3O2/c1-16-9-5-3-2-4-8(9)6-10(16)11-12(13(17)18)15-7-14-11/h2-7H,1H3,(H,14,15)(H,17,18). The molecule has 0 unspecified atom stereocenters. The number of hydrogen-bond acceptors (Lipinski definition) is 2. The molecule has 2 aromatic heterocycles. The van der Waals surface area contributed by atoms with Crippen molar-refractivity contribution in [2.24, 2.45) is 7.05 Å². The molecule has 5 heteroatoms. The summed E-state index contributed by atoms with van der Waals surface area (Å²) in [5.41, 5.74) is 2.41. The lowest BCUT2D eigenvalue weighted by Crippen LogP contribution is -2.01. The molecule has 0 radical (unpaired) electrons. The highest BCUT2D eigenvalue weighted by Crippen LogP contribution is 2.27. The fourth-order valence-corrected chi connectivity index (χ4v) is 2.17. The van der Waals surface area contributed by atoms with E-state index in [2.05, 4.69) is 9.97 Å². The summed E-state index contributed by atoms with van der Waals surface area (Å²) in [7, 11) is 1.90. The molecular formula is C13H11N3O2. The number of carboxylic acids is 1. The molecule has 1 aromatic carbocycles. The minimum atomic E-state index is -1.01. The highest BCUT2D eigenvalue weighted by atomic mass is 16.4. The number of nitrogens with one attached hydrogen (secondary N) is 1. The first-order chi connectivity index (χ1) is 8.68. The Hall–Kier alpha value is -2.56. The number of benzene rings is 1. The monoisotopic (exact) mass is 241 g/mol. The van der Waals surface area contributed by atoms with Crippen molar-refractivity contribution < 1.29 is 9.90 Å². The zero-order chi connectivity index (χ0) is 12.7. The number of aryl methyl sites for hydroxylation is 1. The van der Waals surface area contributed by atoms with E-state index in [-0.39, 0.29) is 5.69 Å². The molecule has 18 heavy (non-hydrogen) atoms. The molecule has 0 aliphatic heterocycles. The van der Waals surface area contributed by atoms with Gasteiger partial charge in [0.1, 0.15) is 5.69 Å². The lowest BCUT2D eigenvalue weighted by molar-refractivity contribution is 0.0692. The summed E-state index contributed by atoms with van der Waals surface area (Å²) in [4.78, 5) is 17.9. The molecular weight excluding hydrogens is 230 g/mol. The van der Waals surface area contributed by atoms with Gasteiger partial charge in [-0.1, -0.05) is 18.2 Å². The van der Waals surface area contributed by atoms with Gasteiger partial charge in [-0.2, -0.15) is 0 Å². The quantitative estimate of drug-likeness (QED) is 0.723. The van der Waals surface area contributed by atoms with Crippen LogP contribution >= 0.6 is 0 Å². The zero-order valence-corrected chi connectivity index (χ0v) is 9.71. The van der Waals surface area contributed by atoms with Gasteiger partial charge in [-0.05, 0) is 12.1 Å². The Bertz CT molecular complexity index is 740. The number of aromatic amines is 1. The maximum Gasteiger partial charge on any atom is 0.354 e. The Morgan fingerprint density at radius 1 is 1.39 bits per heavy atom. The number of rotatable bonds is 2. The number of nitrogens with zero attached hydrogens (tertiary/aromatic N) is 2. The fourth-order valence-electron chi connectivity index (χ4n) is 2.17. The molecule has 0 bridgehead atoms. The minimum Gasteiger partial charge on any atom is -0.477 e. The molecule has 2 N–H and O–H groups in total. The number of aromatic carboxylic acids is 1. The molecule has 0 saturated heterocycles. The van der Waals surface area contributed by atoms with E-state index in [0.717, 1.165) is 16.6 Å². The summed E-state index contributed by atoms with van der Waals surface area (Å²) in [5, 5.41) is 10.2. The topological polar surface area (TPSA) is 70.9 Å². The van der Waals surface area contributed by atoms with E-state index in [0.29, 0.717) is 5.69 Å². The van der Waals surface area contributed by atoms with Crippen LogP contribution in [0.3, 0.4) is 0 Å². The number of carbonyl (C=O) groups is 1. The Labute approximate surface area is 103 Å². The highest BCUT2D eigenvalue weighted by molar-refractivity contribution is 5.95. The highest BCUT2D eigenvalue weighted by Gasteiger charge is 2.18. The summed E-state index contributed by atoms with van der Waals surface area (Å²) < 4.78 is 1.94. The normalized spacial score (nSPS) is 10.9. The molecule has 0 fully saturated rings. The summed E-state index contributed by atoms with van der Waals surface area (Å²) in [5.74, 6) is -1.01. The van der Waals surface area contributed by atoms with E-state index >= 15 is 0 Å². The number of para-hydroxylation sites is 1. The van der Waals surface area contributed by atoms with Crippen molar-refractivity contribution in [2.75, 3.05) is 0 Å². The number of hydrogen-bond donors (Lipinski definition) is 2. The first kappa shape index (κ1) is 10.6. The van der Waals surface area contributed by atoms with Crippen LogP contribution in [0.5, 0.6) is 0 Å². The van der Waals surface area contributed by atoms with E-state index in [9.17, 15) is 4.79 Å². The summed E-state index contributed by atoms with van der Waals surface area (Å²) >= 11 is 0. The fraction of sp³-hybridized carbons (Fsp3) is 0.0769. The van der Waals surface area contributed by atoms with Crippen molar-refractivity contribution in [3.8, 4) is 11.4 Å². The van der Waals surface area contributed by atoms with Crippen molar-refractivity contribution in [1.29, 1.82) is 0 Å². The Morgan fingerprint density at radius 2 is 2.17 bits per heavy atom. The third-order valence-corrected chi connectivity index (χ3v) is 3.05. The van der Waals surface area contributed by atoms with Gasteiger partial charge in [-0.25, -0.2) is 9.78 Å². The van der Waals surface area contributed by atoms with E-state index in [1.807, 2.05) is 41.9 Å². The predicted octanol–water partition coefficient (Wildman–Crippen LogP) is 2.27. The van der Waals surface area contributed by atoms with Crippen LogP contribution in [-0.4, -0.2) is 25.6 Å². The summed E-state index contributed by atoms with van der Waals surface area (Å²) in [6, 6.07) is 9.83. The van der Waals surface area contributed by atoms with Crippen molar-refractivity contribution in [2.45, 2.75) is 0 Å². The van der Waals surface area contributed by atoms with E-state index < -0.39 is 5.97 Å². The molecule has 0 saturated carbocycles. The Kier molecular flexibility index (Phi) is 2.19. The van der Waals surface area contributed by atoms with Gasteiger partial charge in [-0.3, -0.25) is 0 Å². The summed E-state index contributed by atoms with van der Waals surface area (Å²) in [6.45, 7) is 0. The predicted molar refractivity (Wildman–Crippen MR) is 67.5 cm³/mol. The minimum absolute atomic E-state index is 0.112. The Balaban J connectivity index is 2.29. The van der Waals surface area contributed by atoms with Crippen molar-refractivity contribution in [3.05, 3.63) is 42.4 Å². The van der Waals surface area contributed by atoms with Gasteiger partial charge >= 0.3 is 5.97 Å². The number of H-pyrrole nitrogens is 1. The van der Waals surface area contributed by atoms with Crippen LogP contribution < -0.4 is 0 Å². The van der Waals surface area contributed by atoms with E-state index in [4.69, 9.17) is 5.11 Å².